The lowest BCUT2D eigenvalue weighted by Crippen LogP contribution is -2.46. The van der Waals surface area contributed by atoms with Gasteiger partial charge in [0, 0.05) is 45.0 Å². The molecule has 1 aromatic heterocycles. The molecule has 24 heavy (non-hydrogen) atoms. The second-order valence-electron chi connectivity index (χ2n) is 6.25. The highest BCUT2D eigenvalue weighted by molar-refractivity contribution is 7.07. The number of hydrogen-bond donors (Lipinski definition) is 2. The first kappa shape index (κ1) is 17.4. The molecule has 0 aliphatic carbocycles. The Bertz CT molecular complexity index is 609. The Morgan fingerprint density at radius 1 is 1.17 bits per heavy atom. The van der Waals surface area contributed by atoms with Crippen LogP contribution < -0.4 is 10.2 Å². The summed E-state index contributed by atoms with van der Waals surface area (Å²) in [6.07, 6.45) is -0.434. The molecule has 1 aliphatic rings. The predicted octanol–water partition coefficient (Wildman–Crippen LogP) is 2.71. The highest BCUT2D eigenvalue weighted by atomic mass is 32.1. The van der Waals surface area contributed by atoms with Crippen molar-refractivity contribution in [1.29, 1.82) is 0 Å². The second kappa shape index (κ2) is 8.62. The van der Waals surface area contributed by atoms with Crippen LogP contribution in [0.2, 0.25) is 0 Å². The number of thiophene rings is 1. The summed E-state index contributed by atoms with van der Waals surface area (Å²) in [5.74, 6) is 0. The van der Waals surface area contributed by atoms with Gasteiger partial charge >= 0.3 is 0 Å². The number of para-hydroxylation sites is 1. The molecule has 1 fully saturated rings. The van der Waals surface area contributed by atoms with E-state index in [1.165, 1.54) is 11.3 Å². The Labute approximate surface area is 148 Å². The van der Waals surface area contributed by atoms with Gasteiger partial charge in [-0.25, -0.2) is 0 Å². The smallest absolute Gasteiger partial charge is 0.0922 e. The average Bonchev–Trinajstić information content (AvgIpc) is 3.17. The zero-order chi connectivity index (χ0) is 16.8. The van der Waals surface area contributed by atoms with Crippen molar-refractivity contribution in [2.24, 2.45) is 0 Å². The number of nitrogens with one attached hydrogen (secondary N) is 1. The zero-order valence-electron chi connectivity index (χ0n) is 14.3. The largest absolute Gasteiger partial charge is 0.387 e. The molecule has 130 valence electrons. The quantitative estimate of drug-likeness (QED) is 0.809. The fourth-order valence-electron chi connectivity index (χ4n) is 3.20. The van der Waals surface area contributed by atoms with Gasteiger partial charge in [0.2, 0.25) is 0 Å². The normalized spacial score (nSPS) is 17.2. The molecule has 2 aromatic rings. The van der Waals surface area contributed by atoms with Crippen LogP contribution in [-0.4, -0.2) is 49.3 Å². The minimum absolute atomic E-state index is 0.434. The van der Waals surface area contributed by atoms with Gasteiger partial charge in [0.15, 0.2) is 0 Å². The highest BCUT2D eigenvalue weighted by Crippen LogP contribution is 2.22. The maximum Gasteiger partial charge on any atom is 0.0922 e. The van der Waals surface area contributed by atoms with Crippen LogP contribution in [0, 0.1) is 0 Å². The van der Waals surface area contributed by atoms with E-state index in [-0.39, 0.29) is 0 Å². The molecule has 3 rings (SSSR count). The van der Waals surface area contributed by atoms with Crippen molar-refractivity contribution < 1.29 is 5.11 Å². The molecule has 2 N–H and O–H groups in total. The van der Waals surface area contributed by atoms with Crippen LogP contribution in [0.1, 0.15) is 24.2 Å². The molecule has 0 bridgehead atoms. The van der Waals surface area contributed by atoms with Crippen LogP contribution in [0.25, 0.3) is 0 Å². The van der Waals surface area contributed by atoms with Crippen molar-refractivity contribution in [2.75, 3.05) is 44.2 Å². The van der Waals surface area contributed by atoms with Crippen molar-refractivity contribution in [2.45, 2.75) is 19.6 Å². The van der Waals surface area contributed by atoms with E-state index in [2.05, 4.69) is 46.3 Å². The van der Waals surface area contributed by atoms with E-state index in [0.717, 1.165) is 44.8 Å². The highest BCUT2D eigenvalue weighted by Gasteiger charge is 2.18. The first-order chi connectivity index (χ1) is 11.8. The lowest BCUT2D eigenvalue weighted by Gasteiger charge is -2.36. The zero-order valence-corrected chi connectivity index (χ0v) is 15.1. The van der Waals surface area contributed by atoms with Crippen LogP contribution in [0.3, 0.4) is 0 Å². The topological polar surface area (TPSA) is 38.7 Å². The van der Waals surface area contributed by atoms with Crippen LogP contribution in [0.15, 0.2) is 41.1 Å². The predicted molar refractivity (Wildman–Crippen MR) is 102 cm³/mol. The third-order valence-corrected chi connectivity index (χ3v) is 5.43. The van der Waals surface area contributed by atoms with E-state index >= 15 is 0 Å². The molecule has 5 heteroatoms. The molecule has 1 atom stereocenters. The van der Waals surface area contributed by atoms with E-state index in [1.807, 2.05) is 16.8 Å². The summed E-state index contributed by atoms with van der Waals surface area (Å²) in [5, 5.41) is 17.6. The summed E-state index contributed by atoms with van der Waals surface area (Å²) in [5.41, 5.74) is 3.63. The first-order valence-corrected chi connectivity index (χ1v) is 9.68. The van der Waals surface area contributed by atoms with Crippen LogP contribution >= 0.6 is 11.3 Å². The van der Waals surface area contributed by atoms with Crippen molar-refractivity contribution >= 4 is 17.0 Å². The Balaban J connectivity index is 1.56. The summed E-state index contributed by atoms with van der Waals surface area (Å²) in [7, 11) is 0. The molecule has 0 spiro atoms. The van der Waals surface area contributed by atoms with Gasteiger partial charge in [-0.05, 0) is 40.6 Å². The Morgan fingerprint density at radius 3 is 2.67 bits per heavy atom. The van der Waals surface area contributed by atoms with Gasteiger partial charge in [-0.3, -0.25) is 0 Å². The number of nitrogens with zero attached hydrogens (tertiary/aromatic N) is 2. The van der Waals surface area contributed by atoms with Crippen LogP contribution in [0.4, 0.5) is 5.69 Å². The van der Waals surface area contributed by atoms with Gasteiger partial charge in [-0.2, -0.15) is 11.3 Å². The number of rotatable bonds is 7. The summed E-state index contributed by atoms with van der Waals surface area (Å²) < 4.78 is 0. The first-order valence-electron chi connectivity index (χ1n) is 8.74. The fourth-order valence-corrected chi connectivity index (χ4v) is 3.91. The summed E-state index contributed by atoms with van der Waals surface area (Å²) in [6.45, 7) is 9.17. The van der Waals surface area contributed by atoms with Crippen molar-refractivity contribution in [3.8, 4) is 0 Å². The number of anilines is 1. The molecule has 1 unspecified atom stereocenters. The van der Waals surface area contributed by atoms with E-state index in [1.54, 1.807) is 11.3 Å². The Hall–Kier alpha value is -1.40. The molecular weight excluding hydrogens is 318 g/mol. The summed E-state index contributed by atoms with van der Waals surface area (Å²) >= 11 is 1.62. The van der Waals surface area contributed by atoms with Crippen molar-refractivity contribution in [3.63, 3.8) is 0 Å². The maximum atomic E-state index is 10.2. The molecular formula is C19H27N3OS. The molecule has 1 saturated heterocycles. The molecule has 2 heterocycles. The maximum absolute atomic E-state index is 10.2. The van der Waals surface area contributed by atoms with Gasteiger partial charge in [-0.1, -0.05) is 25.1 Å². The SMILES string of the molecule is CCN1CCN(c2ccccc2CNCC(O)c2ccsc2)CC1. The van der Waals surface area contributed by atoms with E-state index < -0.39 is 6.10 Å². The molecule has 1 aromatic carbocycles. The van der Waals surface area contributed by atoms with Crippen molar-refractivity contribution in [3.05, 3.63) is 52.2 Å². The number of piperazine rings is 1. The monoisotopic (exact) mass is 345 g/mol. The Kier molecular flexibility index (Phi) is 6.26. The number of likely N-dealkylation sites (N-methyl/N-ethyl adjacent to an activating group) is 1. The molecule has 4 nitrogen and oxygen atoms in total. The van der Waals surface area contributed by atoms with Crippen molar-refractivity contribution in [1.82, 2.24) is 10.2 Å². The van der Waals surface area contributed by atoms with Gasteiger partial charge in [0.25, 0.3) is 0 Å². The number of benzene rings is 1. The lowest BCUT2D eigenvalue weighted by atomic mass is 10.1. The number of hydrogen-bond acceptors (Lipinski definition) is 5. The van der Waals surface area contributed by atoms with E-state index in [0.29, 0.717) is 6.54 Å². The van der Waals surface area contributed by atoms with Gasteiger partial charge in [-0.15, -0.1) is 0 Å². The molecule has 0 saturated carbocycles. The van der Waals surface area contributed by atoms with Crippen LogP contribution in [-0.2, 0) is 6.54 Å². The minimum atomic E-state index is -0.434. The lowest BCUT2D eigenvalue weighted by molar-refractivity contribution is 0.175. The molecule has 0 radical (unpaired) electrons. The van der Waals surface area contributed by atoms with Gasteiger partial charge in [0.1, 0.15) is 0 Å². The van der Waals surface area contributed by atoms with Gasteiger partial charge in [0.05, 0.1) is 6.10 Å². The van der Waals surface area contributed by atoms with Crippen LogP contribution in [0.5, 0.6) is 0 Å². The third kappa shape index (κ3) is 4.36. The summed E-state index contributed by atoms with van der Waals surface area (Å²) in [4.78, 5) is 4.98. The number of aliphatic hydroxyl groups is 1. The van der Waals surface area contributed by atoms with E-state index in [9.17, 15) is 5.11 Å². The standard InChI is InChI=1S/C19H27N3OS/c1-2-21-8-10-22(11-9-21)18-6-4-3-5-16(18)13-20-14-19(23)17-7-12-24-15-17/h3-7,12,15,19-20,23H,2,8-11,13-14H2,1H3. The third-order valence-electron chi connectivity index (χ3n) is 4.73. The fraction of sp³-hybridized carbons (Fsp3) is 0.474. The minimum Gasteiger partial charge on any atom is -0.387 e. The summed E-state index contributed by atoms with van der Waals surface area (Å²) in [6, 6.07) is 10.6. The molecule has 1 aliphatic heterocycles. The second-order valence-corrected chi connectivity index (χ2v) is 7.03. The average molecular weight is 346 g/mol. The van der Waals surface area contributed by atoms with E-state index in [4.69, 9.17) is 0 Å². The Morgan fingerprint density at radius 2 is 1.96 bits per heavy atom. The van der Waals surface area contributed by atoms with Gasteiger partial charge < -0.3 is 20.2 Å². The molecule has 0 amide bonds. The number of aliphatic hydroxyl groups excluding tert-OH is 1.